The molecule has 118 valence electrons. The molecule has 1 heterocycles. The lowest BCUT2D eigenvalue weighted by molar-refractivity contribution is 0.0701. The van der Waals surface area contributed by atoms with Gasteiger partial charge in [0.25, 0.3) is 0 Å². The molecule has 3 rings (SSSR count). The highest BCUT2D eigenvalue weighted by Gasteiger charge is 2.24. The first-order valence-electron chi connectivity index (χ1n) is 7.56. The topological polar surface area (TPSA) is 50.2 Å². The molecular weight excluding hydrogens is 306 g/mol. The molecule has 0 aliphatic carbocycles. The minimum Gasteiger partial charge on any atom is -0.477 e. The summed E-state index contributed by atoms with van der Waals surface area (Å²) in [5, 5.41) is 12.7. The monoisotopic (exact) mass is 325 g/mol. The summed E-state index contributed by atoms with van der Waals surface area (Å²) in [6, 6.07) is 14.4. The maximum Gasteiger partial charge on any atom is 0.347 e. The van der Waals surface area contributed by atoms with Gasteiger partial charge in [0.15, 0.2) is 0 Å². The summed E-state index contributed by atoms with van der Waals surface area (Å²) in [4.78, 5) is 16.5. The second-order valence-corrected chi connectivity index (χ2v) is 7.71. The van der Waals surface area contributed by atoms with Gasteiger partial charge < -0.3 is 5.11 Å². The molecule has 3 aromatic rings. The zero-order valence-electron chi connectivity index (χ0n) is 13.5. The lowest BCUT2D eigenvalue weighted by atomic mass is 9.98. The average Bonchev–Trinajstić information content (AvgIpc) is 2.91. The maximum atomic E-state index is 11.5. The van der Waals surface area contributed by atoms with E-state index in [1.165, 1.54) is 16.7 Å². The van der Waals surface area contributed by atoms with Gasteiger partial charge in [0.05, 0.1) is 10.7 Å². The van der Waals surface area contributed by atoms with E-state index in [1.807, 2.05) is 18.2 Å². The van der Waals surface area contributed by atoms with Crippen LogP contribution in [0.2, 0.25) is 0 Å². The lowest BCUT2D eigenvalue weighted by Gasteiger charge is -2.13. The van der Waals surface area contributed by atoms with E-state index in [-0.39, 0.29) is 5.41 Å². The Bertz CT molecular complexity index is 874. The minimum atomic E-state index is -0.895. The Morgan fingerprint density at radius 1 is 1.13 bits per heavy atom. The quantitative estimate of drug-likeness (QED) is 0.746. The van der Waals surface area contributed by atoms with Crippen molar-refractivity contribution >= 4 is 28.1 Å². The van der Waals surface area contributed by atoms with E-state index in [2.05, 4.69) is 50.0 Å². The molecule has 23 heavy (non-hydrogen) atoms. The Balaban J connectivity index is 2.00. The molecule has 0 atom stereocenters. The van der Waals surface area contributed by atoms with Crippen LogP contribution in [0, 0.1) is 0 Å². The maximum absolute atomic E-state index is 11.5. The summed E-state index contributed by atoms with van der Waals surface area (Å²) in [7, 11) is 0. The summed E-state index contributed by atoms with van der Waals surface area (Å²) < 4.78 is 0. The number of benzene rings is 2. The smallest absolute Gasteiger partial charge is 0.347 e. The SMILES string of the molecule is CC(C)(C)c1nc(Cc2ccc3ccccc3c2)c(C(=O)O)s1. The summed E-state index contributed by atoms with van der Waals surface area (Å²) in [6.45, 7) is 6.16. The fourth-order valence-electron chi connectivity index (χ4n) is 2.50. The minimum absolute atomic E-state index is 0.142. The molecule has 0 saturated carbocycles. The van der Waals surface area contributed by atoms with Crippen molar-refractivity contribution in [3.8, 4) is 0 Å². The number of aromatic carboxylic acids is 1. The van der Waals surface area contributed by atoms with Crippen LogP contribution in [-0.4, -0.2) is 16.1 Å². The second kappa shape index (κ2) is 5.78. The van der Waals surface area contributed by atoms with E-state index >= 15 is 0 Å². The van der Waals surface area contributed by atoms with Crippen LogP contribution in [0.3, 0.4) is 0 Å². The number of fused-ring (bicyclic) bond motifs is 1. The number of rotatable bonds is 3. The first kappa shape index (κ1) is 15.7. The van der Waals surface area contributed by atoms with Crippen molar-refractivity contribution in [2.75, 3.05) is 0 Å². The van der Waals surface area contributed by atoms with Crippen LogP contribution in [0.25, 0.3) is 10.8 Å². The van der Waals surface area contributed by atoms with Gasteiger partial charge in [-0.1, -0.05) is 63.2 Å². The Kier molecular flexibility index (Phi) is 3.94. The van der Waals surface area contributed by atoms with E-state index in [4.69, 9.17) is 0 Å². The molecular formula is C19H19NO2S. The molecule has 0 unspecified atom stereocenters. The van der Waals surface area contributed by atoms with Crippen LogP contribution < -0.4 is 0 Å². The van der Waals surface area contributed by atoms with E-state index in [0.717, 1.165) is 16.0 Å². The number of aromatic nitrogens is 1. The third-order valence-electron chi connectivity index (χ3n) is 3.72. The van der Waals surface area contributed by atoms with Gasteiger partial charge in [-0.3, -0.25) is 0 Å². The summed E-state index contributed by atoms with van der Waals surface area (Å²) >= 11 is 1.29. The highest BCUT2D eigenvalue weighted by atomic mass is 32.1. The molecule has 0 spiro atoms. The predicted octanol–water partition coefficient (Wildman–Crippen LogP) is 4.88. The Hall–Kier alpha value is -2.20. The van der Waals surface area contributed by atoms with Crippen molar-refractivity contribution in [1.29, 1.82) is 0 Å². The second-order valence-electron chi connectivity index (χ2n) is 6.71. The number of hydrogen-bond acceptors (Lipinski definition) is 3. The Labute approximate surface area is 139 Å². The molecule has 0 aliphatic rings. The molecule has 0 bridgehead atoms. The number of carboxylic acid groups (broad SMARTS) is 1. The highest BCUT2D eigenvalue weighted by Crippen LogP contribution is 2.31. The number of nitrogens with zero attached hydrogens (tertiary/aromatic N) is 1. The summed E-state index contributed by atoms with van der Waals surface area (Å²) in [6.07, 6.45) is 0.541. The van der Waals surface area contributed by atoms with Crippen molar-refractivity contribution in [3.05, 3.63) is 63.6 Å². The zero-order chi connectivity index (χ0) is 16.6. The van der Waals surface area contributed by atoms with Gasteiger partial charge >= 0.3 is 5.97 Å². The molecule has 0 radical (unpaired) electrons. The molecule has 1 aromatic heterocycles. The Morgan fingerprint density at radius 3 is 2.48 bits per heavy atom. The molecule has 0 saturated heterocycles. The fraction of sp³-hybridized carbons (Fsp3) is 0.263. The lowest BCUT2D eigenvalue weighted by Crippen LogP contribution is -2.10. The van der Waals surface area contributed by atoms with Crippen LogP contribution in [0.15, 0.2) is 42.5 Å². The Morgan fingerprint density at radius 2 is 1.83 bits per heavy atom. The van der Waals surface area contributed by atoms with Gasteiger partial charge in [-0.2, -0.15) is 0 Å². The summed E-state index contributed by atoms with van der Waals surface area (Å²) in [5.74, 6) is -0.895. The molecule has 0 fully saturated rings. The van der Waals surface area contributed by atoms with Crippen molar-refractivity contribution in [2.45, 2.75) is 32.6 Å². The average molecular weight is 325 g/mol. The number of carbonyl (C=O) groups is 1. The predicted molar refractivity (Wildman–Crippen MR) is 94.5 cm³/mol. The third-order valence-corrected chi connectivity index (χ3v) is 5.23. The van der Waals surface area contributed by atoms with Gasteiger partial charge in [0.1, 0.15) is 4.88 Å². The largest absolute Gasteiger partial charge is 0.477 e. The molecule has 0 aliphatic heterocycles. The molecule has 4 heteroatoms. The third kappa shape index (κ3) is 3.27. The van der Waals surface area contributed by atoms with Crippen molar-refractivity contribution < 1.29 is 9.90 Å². The van der Waals surface area contributed by atoms with Gasteiger partial charge in [-0.25, -0.2) is 9.78 Å². The van der Waals surface area contributed by atoms with E-state index in [1.54, 1.807) is 0 Å². The van der Waals surface area contributed by atoms with Crippen LogP contribution in [0.5, 0.6) is 0 Å². The van der Waals surface area contributed by atoms with Crippen molar-refractivity contribution in [2.24, 2.45) is 0 Å². The van der Waals surface area contributed by atoms with Crippen LogP contribution >= 0.6 is 11.3 Å². The highest BCUT2D eigenvalue weighted by molar-refractivity contribution is 7.13. The molecule has 0 amide bonds. The van der Waals surface area contributed by atoms with Crippen LogP contribution in [0.4, 0.5) is 0 Å². The van der Waals surface area contributed by atoms with E-state index in [9.17, 15) is 9.90 Å². The number of hydrogen-bond donors (Lipinski definition) is 1. The fourth-order valence-corrected chi connectivity index (χ4v) is 3.48. The van der Waals surface area contributed by atoms with Gasteiger partial charge in [-0.15, -0.1) is 11.3 Å². The normalized spacial score (nSPS) is 11.8. The van der Waals surface area contributed by atoms with Crippen LogP contribution in [-0.2, 0) is 11.8 Å². The number of carboxylic acids is 1. The standard InChI is InChI=1S/C19H19NO2S/c1-19(2,3)18-20-15(16(23-18)17(21)22)11-12-8-9-13-6-4-5-7-14(13)10-12/h4-10H,11H2,1-3H3,(H,21,22). The van der Waals surface area contributed by atoms with Crippen LogP contribution in [0.1, 0.15) is 46.7 Å². The zero-order valence-corrected chi connectivity index (χ0v) is 14.3. The molecule has 3 nitrogen and oxygen atoms in total. The molecule has 2 aromatic carbocycles. The van der Waals surface area contributed by atoms with Gasteiger partial charge in [0, 0.05) is 11.8 Å². The van der Waals surface area contributed by atoms with Gasteiger partial charge in [-0.05, 0) is 16.3 Å². The summed E-state index contributed by atoms with van der Waals surface area (Å²) in [5.41, 5.74) is 1.59. The van der Waals surface area contributed by atoms with E-state index < -0.39 is 5.97 Å². The van der Waals surface area contributed by atoms with Gasteiger partial charge in [0.2, 0.25) is 0 Å². The van der Waals surface area contributed by atoms with E-state index in [0.29, 0.717) is 17.0 Å². The first-order chi connectivity index (χ1) is 10.8. The number of thiazole rings is 1. The first-order valence-corrected chi connectivity index (χ1v) is 8.37. The molecule has 1 N–H and O–H groups in total. The van der Waals surface area contributed by atoms with Crippen molar-refractivity contribution in [1.82, 2.24) is 4.98 Å². The van der Waals surface area contributed by atoms with Crippen molar-refractivity contribution in [3.63, 3.8) is 0 Å².